The Morgan fingerprint density at radius 3 is 3.06 bits per heavy atom. The van der Waals surface area contributed by atoms with E-state index in [1.54, 1.807) is 0 Å². The van der Waals surface area contributed by atoms with Crippen molar-refractivity contribution in [2.75, 3.05) is 13.2 Å². The van der Waals surface area contributed by atoms with E-state index in [0.29, 0.717) is 19.1 Å². The van der Waals surface area contributed by atoms with Gasteiger partial charge in [-0.05, 0) is 17.4 Å². The second kappa shape index (κ2) is 7.75. The number of thiophene rings is 1. The minimum atomic E-state index is -0.418. The molecule has 0 aliphatic rings. The third-order valence-corrected chi connectivity index (χ3v) is 2.91. The van der Waals surface area contributed by atoms with Crippen LogP contribution in [0.25, 0.3) is 0 Å². The third-order valence-electron chi connectivity index (χ3n) is 1.99. The van der Waals surface area contributed by atoms with Gasteiger partial charge in [-0.2, -0.15) is 0 Å². The number of nitrogens with one attached hydrogen (secondary N) is 1. The van der Waals surface area contributed by atoms with Crippen LogP contribution in [-0.4, -0.2) is 24.4 Å². The molecular formula is C13H17NO3S. The lowest BCUT2D eigenvalue weighted by Crippen LogP contribution is -2.25. The zero-order valence-electron chi connectivity index (χ0n) is 10.5. The van der Waals surface area contributed by atoms with E-state index in [0.717, 1.165) is 10.4 Å². The zero-order valence-corrected chi connectivity index (χ0v) is 11.3. The summed E-state index contributed by atoms with van der Waals surface area (Å²) >= 11 is 1.51. The molecule has 1 aromatic heterocycles. The highest BCUT2D eigenvalue weighted by molar-refractivity contribution is 7.10. The van der Waals surface area contributed by atoms with Crippen LogP contribution in [0, 0.1) is 17.8 Å². The fourth-order valence-electron chi connectivity index (χ4n) is 1.17. The van der Waals surface area contributed by atoms with Gasteiger partial charge in [-0.15, -0.1) is 11.3 Å². The molecule has 0 saturated carbocycles. The van der Waals surface area contributed by atoms with E-state index in [1.165, 1.54) is 11.3 Å². The summed E-state index contributed by atoms with van der Waals surface area (Å²) < 4.78 is 5.00. The first-order chi connectivity index (χ1) is 8.63. The van der Waals surface area contributed by atoms with E-state index >= 15 is 0 Å². The Bertz CT molecular complexity index is 443. The number of alkyl carbamates (subject to hydrolysis) is 1. The van der Waals surface area contributed by atoms with Crippen LogP contribution in [-0.2, 0) is 11.3 Å². The molecule has 0 spiro atoms. The minimum Gasteiger partial charge on any atom is -0.449 e. The van der Waals surface area contributed by atoms with Gasteiger partial charge in [-0.25, -0.2) is 4.79 Å². The number of rotatable bonds is 4. The number of amides is 1. The molecule has 0 saturated heterocycles. The standard InChI is InChI=1S/C13H17NO3S/c1-10(2)9-17-13(16)14-8-12-11(4-3-6-15)5-7-18-12/h5,7,10,15H,6,8-9H2,1-2H3,(H,14,16). The summed E-state index contributed by atoms with van der Waals surface area (Å²) in [7, 11) is 0. The van der Waals surface area contributed by atoms with Crippen molar-refractivity contribution in [2.45, 2.75) is 20.4 Å². The van der Waals surface area contributed by atoms with Gasteiger partial charge in [0.05, 0.1) is 13.2 Å². The molecule has 0 aromatic carbocycles. The molecule has 0 unspecified atom stereocenters. The molecule has 1 heterocycles. The lowest BCUT2D eigenvalue weighted by atomic mass is 10.2. The Morgan fingerprint density at radius 2 is 2.39 bits per heavy atom. The van der Waals surface area contributed by atoms with Crippen molar-refractivity contribution in [2.24, 2.45) is 5.92 Å². The monoisotopic (exact) mass is 267 g/mol. The Labute approximate surface area is 111 Å². The molecule has 4 nitrogen and oxygen atoms in total. The van der Waals surface area contributed by atoms with Crippen LogP contribution >= 0.6 is 11.3 Å². The molecule has 0 aliphatic carbocycles. The van der Waals surface area contributed by atoms with Crippen molar-refractivity contribution < 1.29 is 14.6 Å². The lowest BCUT2D eigenvalue weighted by molar-refractivity contribution is 0.132. The molecule has 0 radical (unpaired) electrons. The topological polar surface area (TPSA) is 58.6 Å². The molecule has 2 N–H and O–H groups in total. The van der Waals surface area contributed by atoms with Gasteiger partial charge >= 0.3 is 6.09 Å². The zero-order chi connectivity index (χ0) is 13.4. The smallest absolute Gasteiger partial charge is 0.407 e. The average molecular weight is 267 g/mol. The molecule has 5 heteroatoms. The lowest BCUT2D eigenvalue weighted by Gasteiger charge is -2.08. The fraction of sp³-hybridized carbons (Fsp3) is 0.462. The van der Waals surface area contributed by atoms with Crippen LogP contribution in [0.3, 0.4) is 0 Å². The summed E-state index contributed by atoms with van der Waals surface area (Å²) in [4.78, 5) is 12.3. The van der Waals surface area contributed by atoms with Crippen LogP contribution in [0.5, 0.6) is 0 Å². The van der Waals surface area contributed by atoms with Crippen LogP contribution in [0.15, 0.2) is 11.4 Å². The van der Waals surface area contributed by atoms with Crippen LogP contribution in [0.1, 0.15) is 24.3 Å². The first kappa shape index (κ1) is 14.6. The summed E-state index contributed by atoms with van der Waals surface area (Å²) in [5.41, 5.74) is 0.832. The highest BCUT2D eigenvalue weighted by Gasteiger charge is 2.06. The highest BCUT2D eigenvalue weighted by Crippen LogP contribution is 2.15. The number of ether oxygens (including phenoxy) is 1. The normalized spacial score (nSPS) is 9.78. The number of carbonyl (C=O) groups is 1. The number of carbonyl (C=O) groups excluding carboxylic acids is 1. The first-order valence-electron chi connectivity index (χ1n) is 5.70. The molecule has 0 atom stereocenters. The van der Waals surface area contributed by atoms with Gasteiger partial charge in [0, 0.05) is 10.4 Å². The third kappa shape index (κ3) is 5.21. The van der Waals surface area contributed by atoms with Crippen molar-refractivity contribution in [1.29, 1.82) is 0 Å². The van der Waals surface area contributed by atoms with E-state index in [2.05, 4.69) is 17.2 Å². The van der Waals surface area contributed by atoms with Crippen LogP contribution in [0.4, 0.5) is 4.79 Å². The number of aliphatic hydroxyl groups excluding tert-OH is 1. The van der Waals surface area contributed by atoms with Crippen molar-refractivity contribution in [3.63, 3.8) is 0 Å². The van der Waals surface area contributed by atoms with Gasteiger partial charge < -0.3 is 15.2 Å². The summed E-state index contributed by atoms with van der Waals surface area (Å²) in [5, 5.41) is 13.2. The Kier molecular flexibility index (Phi) is 6.26. The molecule has 18 heavy (non-hydrogen) atoms. The Balaban J connectivity index is 2.43. The van der Waals surface area contributed by atoms with E-state index in [1.807, 2.05) is 25.3 Å². The molecule has 1 aromatic rings. The average Bonchev–Trinajstić information content (AvgIpc) is 2.78. The Hall–Kier alpha value is -1.51. The quantitative estimate of drug-likeness (QED) is 0.820. The van der Waals surface area contributed by atoms with E-state index in [4.69, 9.17) is 9.84 Å². The van der Waals surface area contributed by atoms with Crippen molar-refractivity contribution in [3.05, 3.63) is 21.9 Å². The molecule has 1 amide bonds. The molecule has 0 bridgehead atoms. The molecule has 0 fully saturated rings. The van der Waals surface area contributed by atoms with E-state index < -0.39 is 6.09 Å². The highest BCUT2D eigenvalue weighted by atomic mass is 32.1. The minimum absolute atomic E-state index is 0.168. The molecular weight excluding hydrogens is 250 g/mol. The first-order valence-corrected chi connectivity index (χ1v) is 6.58. The van der Waals surface area contributed by atoms with E-state index in [-0.39, 0.29) is 6.61 Å². The van der Waals surface area contributed by atoms with Crippen molar-refractivity contribution in [3.8, 4) is 11.8 Å². The number of aliphatic hydroxyl groups is 1. The predicted molar refractivity (Wildman–Crippen MR) is 71.3 cm³/mol. The number of hydrogen-bond donors (Lipinski definition) is 2. The van der Waals surface area contributed by atoms with Gasteiger partial charge in [0.1, 0.15) is 6.61 Å². The summed E-state index contributed by atoms with van der Waals surface area (Å²) in [6.07, 6.45) is -0.418. The number of hydrogen-bond acceptors (Lipinski definition) is 4. The van der Waals surface area contributed by atoms with Gasteiger partial charge in [-0.3, -0.25) is 0 Å². The summed E-state index contributed by atoms with van der Waals surface area (Å²) in [5.74, 6) is 5.74. The van der Waals surface area contributed by atoms with Crippen LogP contribution in [0.2, 0.25) is 0 Å². The Morgan fingerprint density at radius 1 is 1.61 bits per heavy atom. The second-order valence-corrected chi connectivity index (χ2v) is 5.06. The van der Waals surface area contributed by atoms with Gasteiger partial charge in [0.25, 0.3) is 0 Å². The van der Waals surface area contributed by atoms with Crippen molar-refractivity contribution in [1.82, 2.24) is 5.32 Å². The maximum atomic E-state index is 11.4. The van der Waals surface area contributed by atoms with E-state index in [9.17, 15) is 4.79 Å². The van der Waals surface area contributed by atoms with Crippen molar-refractivity contribution >= 4 is 17.4 Å². The van der Waals surface area contributed by atoms with Crippen LogP contribution < -0.4 is 5.32 Å². The summed E-state index contributed by atoms with van der Waals surface area (Å²) in [6.45, 7) is 4.60. The van der Waals surface area contributed by atoms with Gasteiger partial charge in [0.15, 0.2) is 0 Å². The molecule has 0 aliphatic heterocycles. The molecule has 1 rings (SSSR count). The fourth-order valence-corrected chi connectivity index (χ4v) is 1.94. The van der Waals surface area contributed by atoms with Gasteiger partial charge in [0.2, 0.25) is 0 Å². The SMILES string of the molecule is CC(C)COC(=O)NCc1sccc1C#CCO. The maximum absolute atomic E-state index is 11.4. The largest absolute Gasteiger partial charge is 0.449 e. The molecule has 98 valence electrons. The predicted octanol–water partition coefficient (Wildman–Crippen LogP) is 1.97. The maximum Gasteiger partial charge on any atom is 0.407 e. The van der Waals surface area contributed by atoms with Gasteiger partial charge in [-0.1, -0.05) is 25.7 Å². The summed E-state index contributed by atoms with van der Waals surface area (Å²) in [6, 6.07) is 1.86. The second-order valence-electron chi connectivity index (χ2n) is 4.06.